The van der Waals surface area contributed by atoms with E-state index in [0.29, 0.717) is 0 Å². The van der Waals surface area contributed by atoms with Crippen LogP contribution in [0.4, 0.5) is 0 Å². The first-order chi connectivity index (χ1) is 6.83. The molecule has 1 aliphatic heterocycles. The van der Waals surface area contributed by atoms with Crippen molar-refractivity contribution in [1.82, 2.24) is 0 Å². The molecule has 0 amide bonds. The van der Waals surface area contributed by atoms with Gasteiger partial charge in [0.25, 0.3) is 0 Å². The zero-order chi connectivity index (χ0) is 12.8. The van der Waals surface area contributed by atoms with Crippen molar-refractivity contribution >= 4 is 46.7 Å². The van der Waals surface area contributed by atoms with Gasteiger partial charge >= 0.3 is 28.2 Å². The highest BCUT2D eigenvalue weighted by Gasteiger charge is 2.59. The van der Waals surface area contributed by atoms with Crippen LogP contribution < -0.4 is 0 Å². The fourth-order valence-electron chi connectivity index (χ4n) is 0.576. The summed E-state index contributed by atoms with van der Waals surface area (Å²) in [6, 6.07) is 0. The maximum atomic E-state index is 11.1. The molecule has 1 atom stereocenters. The minimum absolute atomic E-state index is 2.32. The Bertz CT molecular complexity index is 410. The molecule has 0 aromatic heterocycles. The molecule has 0 aromatic carbocycles. The highest BCUT2D eigenvalue weighted by atomic mass is 35.5. The molecule has 10 nitrogen and oxygen atoms in total. The summed E-state index contributed by atoms with van der Waals surface area (Å²) in [4.78, 5) is 25.1. The van der Waals surface area contributed by atoms with Crippen molar-refractivity contribution in [2.75, 3.05) is 0 Å². The Balaban J connectivity index is 2.65. The van der Waals surface area contributed by atoms with Gasteiger partial charge in [-0.15, -0.1) is 0 Å². The van der Waals surface area contributed by atoms with Crippen LogP contribution in [0.1, 0.15) is 0 Å². The predicted octanol–water partition coefficient (Wildman–Crippen LogP) is 1.46. The molecular weight excluding hydrogens is 336 g/mol. The highest BCUT2D eigenvalue weighted by Crippen LogP contribution is 2.76. The number of halogens is 2. The second kappa shape index (κ2) is 4.28. The quantitative estimate of drug-likeness (QED) is 0.507. The smallest absolute Gasteiger partial charge is 0.302 e. The Kier molecular flexibility index (Phi) is 4.02. The standard InChI is InChI=1S/CH3Cl2O10P3/c2-1(3)10-16(9,11-1)13-15(7,8)12-14(4,5)6/h(H,7,8)(H2,4,5,6). The predicted molar refractivity (Wildman–Crippen MR) is 48.3 cm³/mol. The van der Waals surface area contributed by atoms with Gasteiger partial charge in [-0.3, -0.25) is 0 Å². The molecule has 0 aromatic rings. The molecule has 0 radical (unpaired) electrons. The summed E-state index contributed by atoms with van der Waals surface area (Å²) in [5.41, 5.74) is 0. The highest BCUT2D eigenvalue weighted by molar-refractivity contribution is 7.67. The first-order valence-corrected chi connectivity index (χ1v) is 8.27. The second-order valence-corrected chi connectivity index (χ2v) is 7.89. The maximum Gasteiger partial charge on any atom is 0.492 e. The van der Waals surface area contributed by atoms with Crippen molar-refractivity contribution in [3.8, 4) is 0 Å². The fourth-order valence-corrected chi connectivity index (χ4v) is 4.87. The molecule has 1 heterocycles. The third kappa shape index (κ3) is 4.70. The minimum atomic E-state index is -5.35. The monoisotopic (exact) mass is 338 g/mol. The van der Waals surface area contributed by atoms with Gasteiger partial charge in [0.1, 0.15) is 0 Å². The van der Waals surface area contributed by atoms with Crippen LogP contribution in [0.25, 0.3) is 0 Å². The SMILES string of the molecule is O=P(O)(O)OP(=O)(O)OP1(=O)OC(Cl)(Cl)O1. The molecule has 15 heteroatoms. The largest absolute Gasteiger partial charge is 0.492 e. The van der Waals surface area contributed by atoms with E-state index in [0.717, 1.165) is 0 Å². The number of hydrogen-bond donors (Lipinski definition) is 3. The van der Waals surface area contributed by atoms with Gasteiger partial charge in [0.2, 0.25) is 0 Å². The molecule has 0 saturated carbocycles. The van der Waals surface area contributed by atoms with Gasteiger partial charge < -0.3 is 14.7 Å². The summed E-state index contributed by atoms with van der Waals surface area (Å²) < 4.78 is 44.9. The van der Waals surface area contributed by atoms with Crippen molar-refractivity contribution in [2.24, 2.45) is 0 Å². The lowest BCUT2D eigenvalue weighted by Crippen LogP contribution is -2.31. The van der Waals surface area contributed by atoms with E-state index in [1.54, 1.807) is 0 Å². The van der Waals surface area contributed by atoms with Crippen LogP contribution in [-0.4, -0.2) is 19.4 Å². The van der Waals surface area contributed by atoms with Crippen LogP contribution in [0.3, 0.4) is 0 Å². The van der Waals surface area contributed by atoms with E-state index in [-0.39, 0.29) is 0 Å². The molecule has 1 unspecified atom stereocenters. The summed E-state index contributed by atoms with van der Waals surface area (Å²) >= 11 is 10.1. The van der Waals surface area contributed by atoms with E-state index >= 15 is 0 Å². The summed E-state index contributed by atoms with van der Waals surface area (Å²) in [5, 5.41) is 0. The molecule has 16 heavy (non-hydrogen) atoms. The Hall–Kier alpha value is 0.990. The van der Waals surface area contributed by atoms with E-state index in [9.17, 15) is 13.7 Å². The molecule has 0 spiro atoms. The number of alkyl halides is 2. The van der Waals surface area contributed by atoms with Gasteiger partial charge in [-0.2, -0.15) is 8.62 Å². The van der Waals surface area contributed by atoms with Crippen LogP contribution in [0.15, 0.2) is 0 Å². The fraction of sp³-hybridized carbons (Fsp3) is 1.00. The average molecular weight is 339 g/mol. The number of hydrogen-bond acceptors (Lipinski definition) is 7. The summed E-state index contributed by atoms with van der Waals surface area (Å²) in [6.07, 6.45) is 0. The van der Waals surface area contributed by atoms with Gasteiger partial charge in [-0.25, -0.2) is 22.7 Å². The van der Waals surface area contributed by atoms with E-state index in [1.165, 1.54) is 0 Å². The molecule has 1 rings (SSSR count). The molecular formula is CH3Cl2O10P3. The van der Waals surface area contributed by atoms with Crippen LogP contribution >= 0.6 is 46.7 Å². The van der Waals surface area contributed by atoms with E-state index in [4.69, 9.17) is 37.9 Å². The van der Waals surface area contributed by atoms with Crippen molar-refractivity contribution in [3.05, 3.63) is 0 Å². The Morgan fingerprint density at radius 2 is 1.62 bits per heavy atom. The van der Waals surface area contributed by atoms with E-state index in [1.807, 2.05) is 0 Å². The maximum absolute atomic E-state index is 11.1. The average Bonchev–Trinajstić information content (AvgIpc) is 1.69. The third-order valence-corrected chi connectivity index (χ3v) is 5.85. The topological polar surface area (TPSA) is 149 Å². The zero-order valence-electron chi connectivity index (χ0n) is 6.80. The lowest BCUT2D eigenvalue weighted by Gasteiger charge is -2.35. The molecule has 1 saturated heterocycles. The van der Waals surface area contributed by atoms with Crippen molar-refractivity contribution in [1.29, 1.82) is 0 Å². The molecule has 0 aliphatic carbocycles. The molecule has 96 valence electrons. The van der Waals surface area contributed by atoms with Gasteiger partial charge in [0.15, 0.2) is 0 Å². The van der Waals surface area contributed by atoms with Crippen LogP contribution in [0.5, 0.6) is 0 Å². The Morgan fingerprint density at radius 1 is 1.19 bits per heavy atom. The molecule has 3 N–H and O–H groups in total. The van der Waals surface area contributed by atoms with Crippen LogP contribution in [0, 0.1) is 0 Å². The molecule has 1 fully saturated rings. The first-order valence-electron chi connectivity index (χ1n) is 3.03. The van der Waals surface area contributed by atoms with E-state index in [2.05, 4.69) is 17.7 Å². The van der Waals surface area contributed by atoms with Gasteiger partial charge in [0.05, 0.1) is 0 Å². The van der Waals surface area contributed by atoms with Crippen LogP contribution in [-0.2, 0) is 31.4 Å². The van der Waals surface area contributed by atoms with Gasteiger partial charge in [0, 0.05) is 0 Å². The zero-order valence-corrected chi connectivity index (χ0v) is 11.0. The number of phosphoric acid groups is 3. The Morgan fingerprint density at radius 3 is 1.94 bits per heavy atom. The lowest BCUT2D eigenvalue weighted by molar-refractivity contribution is -0.0925. The summed E-state index contributed by atoms with van der Waals surface area (Å²) in [6.45, 7) is 0. The van der Waals surface area contributed by atoms with Crippen molar-refractivity contribution < 1.29 is 46.0 Å². The van der Waals surface area contributed by atoms with Gasteiger partial charge in [-0.05, 0) is 23.2 Å². The van der Waals surface area contributed by atoms with Crippen LogP contribution in [0.2, 0.25) is 0 Å². The lowest BCUT2D eigenvalue weighted by atomic mass is 11.5. The number of phosphoric ester groups is 1. The van der Waals surface area contributed by atoms with Crippen molar-refractivity contribution in [3.63, 3.8) is 0 Å². The second-order valence-electron chi connectivity index (χ2n) is 2.22. The third-order valence-electron chi connectivity index (χ3n) is 0.849. The molecule has 1 aliphatic rings. The van der Waals surface area contributed by atoms with Gasteiger partial charge in [-0.1, -0.05) is 0 Å². The minimum Gasteiger partial charge on any atom is -0.302 e. The number of rotatable bonds is 4. The normalized spacial score (nSPS) is 26.8. The molecule has 0 bridgehead atoms. The first kappa shape index (κ1) is 15.0. The summed E-state index contributed by atoms with van der Waals surface area (Å²) in [5.74, 6) is 0. The van der Waals surface area contributed by atoms with E-state index < -0.39 is 28.2 Å². The van der Waals surface area contributed by atoms with Crippen molar-refractivity contribution in [2.45, 2.75) is 4.71 Å². The summed E-state index contributed by atoms with van der Waals surface area (Å²) in [7, 11) is -15.2. The Labute approximate surface area is 97.8 Å².